The molecule has 1 heterocycles. The molecule has 2 atom stereocenters. The van der Waals surface area contributed by atoms with Gasteiger partial charge in [0.05, 0.1) is 6.42 Å². The maximum absolute atomic E-state index is 12.5. The lowest BCUT2D eigenvalue weighted by Gasteiger charge is -2.36. The van der Waals surface area contributed by atoms with E-state index in [1.807, 2.05) is 31.3 Å². The quantitative estimate of drug-likeness (QED) is 0.813. The predicted octanol–water partition coefficient (Wildman–Crippen LogP) is 3.32. The van der Waals surface area contributed by atoms with Crippen molar-refractivity contribution in [2.75, 3.05) is 26.7 Å². The largest absolute Gasteiger partial charge is 0.481 e. The summed E-state index contributed by atoms with van der Waals surface area (Å²) in [5.41, 5.74) is 4.72. The third-order valence-electron chi connectivity index (χ3n) is 6.02. The molecule has 0 spiro atoms. The fraction of sp³-hybridized carbons (Fsp3) is 0.391. The van der Waals surface area contributed by atoms with Gasteiger partial charge in [-0.05, 0) is 42.3 Å². The molecule has 2 aromatic rings. The summed E-state index contributed by atoms with van der Waals surface area (Å²) in [4.78, 5) is 25.8. The zero-order valence-electron chi connectivity index (χ0n) is 16.5. The number of hydrogen-bond donors (Lipinski definition) is 2. The summed E-state index contributed by atoms with van der Waals surface area (Å²) < 4.78 is 5.61. The molecule has 29 heavy (non-hydrogen) atoms. The number of carbonyl (C=O) groups is 2. The SMILES string of the molecule is CN1CCC(NC(=O)OCC2c3ccccc3-c3ccccc32)C(CC(=O)O)C1. The van der Waals surface area contributed by atoms with Crippen LogP contribution in [0.5, 0.6) is 0 Å². The minimum atomic E-state index is -0.843. The number of amides is 1. The topological polar surface area (TPSA) is 78.9 Å². The van der Waals surface area contributed by atoms with Crippen LogP contribution in [0.3, 0.4) is 0 Å². The van der Waals surface area contributed by atoms with Crippen LogP contribution in [0.15, 0.2) is 48.5 Å². The summed E-state index contributed by atoms with van der Waals surface area (Å²) >= 11 is 0. The molecule has 6 heteroatoms. The van der Waals surface area contributed by atoms with Crippen molar-refractivity contribution in [3.63, 3.8) is 0 Å². The van der Waals surface area contributed by atoms with Crippen LogP contribution in [0, 0.1) is 5.92 Å². The Morgan fingerprint density at radius 3 is 2.34 bits per heavy atom. The van der Waals surface area contributed by atoms with E-state index in [4.69, 9.17) is 4.74 Å². The smallest absolute Gasteiger partial charge is 0.407 e. The van der Waals surface area contributed by atoms with Crippen LogP contribution in [-0.4, -0.2) is 54.9 Å². The number of aliphatic carboxylic acids is 1. The number of carbonyl (C=O) groups excluding carboxylic acids is 1. The summed E-state index contributed by atoms with van der Waals surface area (Å²) in [5, 5.41) is 12.1. The lowest BCUT2D eigenvalue weighted by atomic mass is 9.89. The number of piperidine rings is 1. The minimum absolute atomic E-state index is 0.0143. The average molecular weight is 394 g/mol. The normalized spacial score (nSPS) is 21.3. The van der Waals surface area contributed by atoms with Crippen molar-refractivity contribution < 1.29 is 19.4 Å². The first-order valence-corrected chi connectivity index (χ1v) is 10.0. The monoisotopic (exact) mass is 394 g/mol. The van der Waals surface area contributed by atoms with Gasteiger partial charge < -0.3 is 20.1 Å². The zero-order valence-corrected chi connectivity index (χ0v) is 16.5. The van der Waals surface area contributed by atoms with Crippen LogP contribution >= 0.6 is 0 Å². The van der Waals surface area contributed by atoms with Crippen LogP contribution in [0.4, 0.5) is 4.79 Å². The number of benzene rings is 2. The number of nitrogens with one attached hydrogen (secondary N) is 1. The number of nitrogens with zero attached hydrogens (tertiary/aromatic N) is 1. The first-order valence-electron chi connectivity index (χ1n) is 10.0. The van der Waals surface area contributed by atoms with Gasteiger partial charge in [0.1, 0.15) is 6.61 Å². The van der Waals surface area contributed by atoms with Crippen LogP contribution in [-0.2, 0) is 9.53 Å². The van der Waals surface area contributed by atoms with Crippen molar-refractivity contribution in [2.24, 2.45) is 5.92 Å². The Balaban J connectivity index is 1.41. The number of fused-ring (bicyclic) bond motifs is 3. The van der Waals surface area contributed by atoms with Gasteiger partial charge in [-0.2, -0.15) is 0 Å². The zero-order chi connectivity index (χ0) is 20.4. The predicted molar refractivity (Wildman–Crippen MR) is 110 cm³/mol. The Morgan fingerprint density at radius 2 is 1.72 bits per heavy atom. The van der Waals surface area contributed by atoms with Crippen LogP contribution in [0.25, 0.3) is 11.1 Å². The number of rotatable bonds is 5. The number of carboxylic acids is 1. The van der Waals surface area contributed by atoms with Gasteiger partial charge in [0, 0.05) is 24.4 Å². The molecule has 0 bridgehead atoms. The van der Waals surface area contributed by atoms with E-state index in [1.54, 1.807) is 0 Å². The molecule has 1 aliphatic carbocycles. The average Bonchev–Trinajstić information content (AvgIpc) is 3.02. The van der Waals surface area contributed by atoms with E-state index in [0.717, 1.165) is 13.0 Å². The lowest BCUT2D eigenvalue weighted by Crippen LogP contribution is -2.50. The molecule has 1 amide bonds. The van der Waals surface area contributed by atoms with Crippen molar-refractivity contribution in [1.82, 2.24) is 10.2 Å². The van der Waals surface area contributed by atoms with E-state index < -0.39 is 12.1 Å². The van der Waals surface area contributed by atoms with Gasteiger partial charge in [0.2, 0.25) is 0 Å². The molecule has 2 unspecified atom stereocenters. The van der Waals surface area contributed by atoms with Crippen molar-refractivity contribution in [3.05, 3.63) is 59.7 Å². The van der Waals surface area contributed by atoms with Gasteiger partial charge in [0.15, 0.2) is 0 Å². The molecule has 0 radical (unpaired) electrons. The lowest BCUT2D eigenvalue weighted by molar-refractivity contribution is -0.138. The maximum atomic E-state index is 12.5. The highest BCUT2D eigenvalue weighted by Gasteiger charge is 2.32. The Hall–Kier alpha value is -2.86. The second-order valence-corrected chi connectivity index (χ2v) is 7.99. The fourth-order valence-corrected chi connectivity index (χ4v) is 4.63. The molecule has 1 saturated heterocycles. The number of hydrogen-bond acceptors (Lipinski definition) is 4. The summed E-state index contributed by atoms with van der Waals surface area (Å²) in [6.07, 6.45) is 0.286. The molecule has 6 nitrogen and oxygen atoms in total. The molecule has 0 saturated carbocycles. The molecule has 2 aromatic carbocycles. The molecule has 0 aromatic heterocycles. The number of ether oxygens (including phenoxy) is 1. The minimum Gasteiger partial charge on any atom is -0.481 e. The Kier molecular flexibility index (Phi) is 5.53. The summed E-state index contributed by atoms with van der Waals surface area (Å²) in [6, 6.07) is 16.2. The first-order chi connectivity index (χ1) is 14.0. The highest BCUT2D eigenvalue weighted by molar-refractivity contribution is 5.79. The first kappa shape index (κ1) is 19.5. The molecule has 1 aliphatic heterocycles. The number of alkyl carbamates (subject to hydrolysis) is 1. The summed E-state index contributed by atoms with van der Waals surface area (Å²) in [7, 11) is 1.97. The summed E-state index contributed by atoms with van der Waals surface area (Å²) in [5.74, 6) is -0.947. The van der Waals surface area contributed by atoms with E-state index in [-0.39, 0.29) is 30.9 Å². The van der Waals surface area contributed by atoms with Crippen molar-refractivity contribution >= 4 is 12.1 Å². The highest BCUT2D eigenvalue weighted by Crippen LogP contribution is 2.44. The third kappa shape index (κ3) is 4.12. The van der Waals surface area contributed by atoms with Crippen molar-refractivity contribution in [3.8, 4) is 11.1 Å². The fourth-order valence-electron chi connectivity index (χ4n) is 4.63. The van der Waals surface area contributed by atoms with Crippen LogP contribution in [0.1, 0.15) is 29.9 Å². The van der Waals surface area contributed by atoms with E-state index in [0.29, 0.717) is 6.54 Å². The van der Waals surface area contributed by atoms with Gasteiger partial charge >= 0.3 is 12.1 Å². The van der Waals surface area contributed by atoms with Gasteiger partial charge in [-0.3, -0.25) is 4.79 Å². The number of carboxylic acid groups (broad SMARTS) is 1. The molecule has 1 fully saturated rings. The Morgan fingerprint density at radius 1 is 1.10 bits per heavy atom. The number of likely N-dealkylation sites (tertiary alicyclic amines) is 1. The molecule has 4 rings (SSSR count). The second-order valence-electron chi connectivity index (χ2n) is 7.99. The van der Waals surface area contributed by atoms with Gasteiger partial charge in [-0.25, -0.2) is 4.79 Å². The Bertz CT molecular complexity index is 868. The van der Waals surface area contributed by atoms with Crippen LogP contribution in [0.2, 0.25) is 0 Å². The summed E-state index contributed by atoms with van der Waals surface area (Å²) in [6.45, 7) is 1.74. The van der Waals surface area contributed by atoms with E-state index in [9.17, 15) is 14.7 Å². The highest BCUT2D eigenvalue weighted by atomic mass is 16.5. The molecule has 152 valence electrons. The van der Waals surface area contributed by atoms with E-state index in [1.165, 1.54) is 22.3 Å². The van der Waals surface area contributed by atoms with Gasteiger partial charge in [0.25, 0.3) is 0 Å². The molecule has 2 N–H and O–H groups in total. The molecular formula is C23H26N2O4. The second kappa shape index (κ2) is 8.25. The van der Waals surface area contributed by atoms with Gasteiger partial charge in [-0.1, -0.05) is 48.5 Å². The van der Waals surface area contributed by atoms with E-state index in [2.05, 4.69) is 34.5 Å². The molecular weight excluding hydrogens is 368 g/mol. The molecule has 2 aliphatic rings. The standard InChI is InChI=1S/C23H26N2O4/c1-25-11-10-21(15(13-25)12-22(26)27)24-23(28)29-14-20-18-8-4-2-6-16(18)17-7-3-5-9-19(17)20/h2-9,15,20-21H,10-14H2,1H3,(H,24,28)(H,26,27). The van der Waals surface area contributed by atoms with Crippen LogP contribution < -0.4 is 5.32 Å². The Labute approximate surface area is 170 Å². The maximum Gasteiger partial charge on any atom is 0.407 e. The van der Waals surface area contributed by atoms with Gasteiger partial charge in [-0.15, -0.1) is 0 Å². The van der Waals surface area contributed by atoms with Crippen molar-refractivity contribution in [2.45, 2.75) is 24.8 Å². The van der Waals surface area contributed by atoms with Crippen molar-refractivity contribution in [1.29, 1.82) is 0 Å². The third-order valence-corrected chi connectivity index (χ3v) is 6.02. The van der Waals surface area contributed by atoms with E-state index >= 15 is 0 Å².